The van der Waals surface area contributed by atoms with E-state index in [-0.39, 0.29) is 0 Å². The van der Waals surface area contributed by atoms with Crippen LogP contribution in [0.15, 0.2) is 18.2 Å². The lowest BCUT2D eigenvalue weighted by Crippen LogP contribution is -1.81. The number of benzene rings is 1. The molecule has 0 saturated carbocycles. The Balaban J connectivity index is 3.07. The molecule has 1 aromatic carbocycles. The van der Waals surface area contributed by atoms with Gasteiger partial charge in [0.15, 0.2) is 0 Å². The molecule has 0 unspecified atom stereocenters. The SMILES string of the molecule is CCc1ccc(I)cc1O. The molecule has 0 aliphatic rings. The summed E-state index contributed by atoms with van der Waals surface area (Å²) in [7, 11) is 0. The zero-order chi connectivity index (χ0) is 7.56. The number of phenols is 1. The third-order valence-electron chi connectivity index (χ3n) is 1.43. The molecule has 54 valence electrons. The summed E-state index contributed by atoms with van der Waals surface area (Å²) in [5.41, 5.74) is 1.01. The Kier molecular flexibility index (Phi) is 2.54. The molecule has 0 heterocycles. The zero-order valence-electron chi connectivity index (χ0n) is 5.76. The van der Waals surface area contributed by atoms with Gasteiger partial charge >= 0.3 is 0 Å². The van der Waals surface area contributed by atoms with Gasteiger partial charge < -0.3 is 5.11 Å². The van der Waals surface area contributed by atoms with Crippen LogP contribution >= 0.6 is 22.6 Å². The first-order valence-electron chi connectivity index (χ1n) is 3.21. The summed E-state index contributed by atoms with van der Waals surface area (Å²) in [5, 5.41) is 9.29. The van der Waals surface area contributed by atoms with Crippen molar-refractivity contribution < 1.29 is 5.11 Å². The molecular formula is C8H9IO. The van der Waals surface area contributed by atoms with E-state index < -0.39 is 0 Å². The Morgan fingerprint density at radius 2 is 2.20 bits per heavy atom. The van der Waals surface area contributed by atoms with Crippen molar-refractivity contribution in [1.82, 2.24) is 0 Å². The van der Waals surface area contributed by atoms with Crippen LogP contribution in [0.2, 0.25) is 0 Å². The van der Waals surface area contributed by atoms with Gasteiger partial charge in [0.25, 0.3) is 0 Å². The summed E-state index contributed by atoms with van der Waals surface area (Å²) < 4.78 is 1.08. The number of halogens is 1. The number of phenolic OH excluding ortho intramolecular Hbond substituents is 1. The highest BCUT2D eigenvalue weighted by atomic mass is 127. The number of hydrogen-bond acceptors (Lipinski definition) is 1. The van der Waals surface area contributed by atoms with Crippen molar-refractivity contribution >= 4 is 22.6 Å². The van der Waals surface area contributed by atoms with Crippen molar-refractivity contribution in [3.8, 4) is 5.75 Å². The number of aromatic hydroxyl groups is 1. The monoisotopic (exact) mass is 248 g/mol. The maximum absolute atomic E-state index is 9.29. The third-order valence-corrected chi connectivity index (χ3v) is 2.10. The van der Waals surface area contributed by atoms with E-state index in [0.717, 1.165) is 15.6 Å². The van der Waals surface area contributed by atoms with Gasteiger partial charge in [0.2, 0.25) is 0 Å². The van der Waals surface area contributed by atoms with E-state index in [4.69, 9.17) is 0 Å². The molecule has 0 saturated heterocycles. The van der Waals surface area contributed by atoms with Crippen LogP contribution in [-0.4, -0.2) is 5.11 Å². The van der Waals surface area contributed by atoms with Gasteiger partial charge in [-0.05, 0) is 46.7 Å². The van der Waals surface area contributed by atoms with E-state index in [2.05, 4.69) is 22.6 Å². The lowest BCUT2D eigenvalue weighted by atomic mass is 10.1. The molecule has 0 fully saturated rings. The van der Waals surface area contributed by atoms with Crippen LogP contribution in [0.1, 0.15) is 12.5 Å². The van der Waals surface area contributed by atoms with E-state index in [1.54, 1.807) is 6.07 Å². The molecule has 1 rings (SSSR count). The van der Waals surface area contributed by atoms with Gasteiger partial charge in [-0.2, -0.15) is 0 Å². The lowest BCUT2D eigenvalue weighted by Gasteiger charge is -1.99. The normalized spacial score (nSPS) is 9.80. The van der Waals surface area contributed by atoms with Gasteiger partial charge in [-0.25, -0.2) is 0 Å². The average Bonchev–Trinajstić information content (AvgIpc) is 1.88. The Labute approximate surface area is 74.2 Å². The number of hydrogen-bond donors (Lipinski definition) is 1. The maximum atomic E-state index is 9.29. The van der Waals surface area contributed by atoms with Gasteiger partial charge in [-0.3, -0.25) is 0 Å². The highest BCUT2D eigenvalue weighted by Gasteiger charge is 1.96. The summed E-state index contributed by atoms with van der Waals surface area (Å²) >= 11 is 2.18. The molecule has 10 heavy (non-hydrogen) atoms. The molecule has 2 heteroatoms. The molecule has 0 amide bonds. The van der Waals surface area contributed by atoms with Crippen LogP contribution in [0.3, 0.4) is 0 Å². The highest BCUT2D eigenvalue weighted by Crippen LogP contribution is 2.19. The largest absolute Gasteiger partial charge is 0.508 e. The molecule has 0 bridgehead atoms. The predicted octanol–water partition coefficient (Wildman–Crippen LogP) is 2.56. The minimum atomic E-state index is 0.411. The second-order valence-electron chi connectivity index (χ2n) is 2.13. The first kappa shape index (κ1) is 7.85. The number of aryl methyl sites for hydroxylation is 1. The second kappa shape index (κ2) is 3.23. The molecule has 1 nitrogen and oxygen atoms in total. The molecule has 0 atom stereocenters. The van der Waals surface area contributed by atoms with Gasteiger partial charge in [0.1, 0.15) is 5.75 Å². The minimum Gasteiger partial charge on any atom is -0.508 e. The summed E-state index contributed by atoms with van der Waals surface area (Å²) in [6.45, 7) is 2.03. The molecular weight excluding hydrogens is 239 g/mol. The molecule has 0 aromatic heterocycles. The van der Waals surface area contributed by atoms with Gasteiger partial charge in [0.05, 0.1) is 0 Å². The Hall–Kier alpha value is -0.250. The van der Waals surface area contributed by atoms with Crippen molar-refractivity contribution in [3.63, 3.8) is 0 Å². The quantitative estimate of drug-likeness (QED) is 0.757. The van der Waals surface area contributed by atoms with Crippen LogP contribution in [0.5, 0.6) is 5.75 Å². The first-order chi connectivity index (χ1) is 4.74. The second-order valence-corrected chi connectivity index (χ2v) is 3.37. The fourth-order valence-electron chi connectivity index (χ4n) is 0.836. The van der Waals surface area contributed by atoms with Gasteiger partial charge in [0, 0.05) is 3.57 Å². The summed E-state index contributed by atoms with van der Waals surface area (Å²) in [6, 6.07) is 5.73. The maximum Gasteiger partial charge on any atom is 0.119 e. The van der Waals surface area contributed by atoms with E-state index in [1.165, 1.54) is 0 Å². The summed E-state index contributed by atoms with van der Waals surface area (Å²) in [6.07, 6.45) is 0.892. The fourth-order valence-corrected chi connectivity index (χ4v) is 1.31. The number of rotatable bonds is 1. The third kappa shape index (κ3) is 1.62. The molecule has 1 aromatic rings. The van der Waals surface area contributed by atoms with Crippen LogP contribution in [0, 0.1) is 3.57 Å². The van der Waals surface area contributed by atoms with E-state index in [9.17, 15) is 5.11 Å². The van der Waals surface area contributed by atoms with Crippen LogP contribution in [0.25, 0.3) is 0 Å². The first-order valence-corrected chi connectivity index (χ1v) is 4.29. The van der Waals surface area contributed by atoms with E-state index >= 15 is 0 Å². The topological polar surface area (TPSA) is 20.2 Å². The molecule has 1 N–H and O–H groups in total. The average molecular weight is 248 g/mol. The van der Waals surface area contributed by atoms with Gasteiger partial charge in [-0.15, -0.1) is 0 Å². The Morgan fingerprint density at radius 3 is 2.70 bits per heavy atom. The predicted molar refractivity (Wildman–Crippen MR) is 50.2 cm³/mol. The zero-order valence-corrected chi connectivity index (χ0v) is 7.92. The van der Waals surface area contributed by atoms with E-state index in [0.29, 0.717) is 5.75 Å². The lowest BCUT2D eigenvalue weighted by molar-refractivity contribution is 0.468. The fraction of sp³-hybridized carbons (Fsp3) is 0.250. The summed E-state index contributed by atoms with van der Waals surface area (Å²) in [4.78, 5) is 0. The molecule has 0 aliphatic carbocycles. The summed E-state index contributed by atoms with van der Waals surface area (Å²) in [5.74, 6) is 0.411. The molecule has 0 aliphatic heterocycles. The molecule has 0 spiro atoms. The Bertz CT molecular complexity index is 233. The van der Waals surface area contributed by atoms with Crippen LogP contribution in [0.4, 0.5) is 0 Å². The van der Waals surface area contributed by atoms with Crippen LogP contribution < -0.4 is 0 Å². The minimum absolute atomic E-state index is 0.411. The van der Waals surface area contributed by atoms with Gasteiger partial charge in [-0.1, -0.05) is 13.0 Å². The highest BCUT2D eigenvalue weighted by molar-refractivity contribution is 14.1. The van der Waals surface area contributed by atoms with Crippen molar-refractivity contribution in [1.29, 1.82) is 0 Å². The van der Waals surface area contributed by atoms with Crippen molar-refractivity contribution in [2.24, 2.45) is 0 Å². The smallest absolute Gasteiger partial charge is 0.119 e. The molecule has 0 radical (unpaired) electrons. The van der Waals surface area contributed by atoms with Crippen molar-refractivity contribution in [2.45, 2.75) is 13.3 Å². The standard InChI is InChI=1S/C8H9IO/c1-2-6-3-4-7(9)5-8(6)10/h3-5,10H,2H2,1H3. The van der Waals surface area contributed by atoms with Crippen molar-refractivity contribution in [3.05, 3.63) is 27.3 Å². The van der Waals surface area contributed by atoms with Crippen molar-refractivity contribution in [2.75, 3.05) is 0 Å². The van der Waals surface area contributed by atoms with Crippen LogP contribution in [-0.2, 0) is 6.42 Å². The van der Waals surface area contributed by atoms with E-state index in [1.807, 2.05) is 19.1 Å². The Morgan fingerprint density at radius 1 is 1.50 bits per heavy atom.